The van der Waals surface area contributed by atoms with Crippen molar-refractivity contribution in [3.8, 4) is 0 Å². The van der Waals surface area contributed by atoms with Gasteiger partial charge in [-0.3, -0.25) is 0 Å². The molecule has 106 valence electrons. The summed E-state index contributed by atoms with van der Waals surface area (Å²) in [7, 11) is 0. The van der Waals surface area contributed by atoms with Crippen LogP contribution in [0.15, 0.2) is 18.2 Å². The fourth-order valence-electron chi connectivity index (χ4n) is 2.69. The Morgan fingerprint density at radius 3 is 2.26 bits per heavy atom. The number of benzene rings is 1. The van der Waals surface area contributed by atoms with Crippen molar-refractivity contribution in [1.82, 2.24) is 5.32 Å². The number of rotatable bonds is 2. The summed E-state index contributed by atoms with van der Waals surface area (Å²) in [5.41, 5.74) is 4.56. The molecule has 19 heavy (non-hydrogen) atoms. The maximum atomic E-state index is 3.43. The smallest absolute Gasteiger partial charge is 0.0405 e. The first-order valence-electron chi connectivity index (χ1n) is 7.49. The second-order valence-electron chi connectivity index (χ2n) is 6.92. The number of hydrogen-bond acceptors (Lipinski definition) is 2. The molecule has 1 saturated heterocycles. The lowest BCUT2D eigenvalue weighted by molar-refractivity contribution is 0.562. The third kappa shape index (κ3) is 3.30. The Labute approximate surface area is 118 Å². The average Bonchev–Trinajstić information content (AvgIpc) is 2.38. The normalized spacial score (nSPS) is 17.1. The van der Waals surface area contributed by atoms with Gasteiger partial charge in [-0.25, -0.2) is 0 Å². The topological polar surface area (TPSA) is 15.3 Å². The molecule has 1 fully saturated rings. The Hall–Kier alpha value is -1.02. The zero-order valence-electron chi connectivity index (χ0n) is 13.1. The number of anilines is 1. The molecule has 0 radical (unpaired) electrons. The lowest BCUT2D eigenvalue weighted by Gasteiger charge is -2.35. The molecule has 2 nitrogen and oxygen atoms in total. The van der Waals surface area contributed by atoms with Crippen molar-refractivity contribution in [2.75, 3.05) is 31.1 Å². The molecule has 1 N–H and O–H groups in total. The van der Waals surface area contributed by atoms with Gasteiger partial charge in [0, 0.05) is 31.9 Å². The lowest BCUT2D eigenvalue weighted by atomic mass is 9.83. The maximum absolute atomic E-state index is 3.43. The Balaban J connectivity index is 2.41. The molecule has 1 heterocycles. The number of nitrogens with zero attached hydrogens (tertiary/aromatic N) is 1. The highest BCUT2D eigenvalue weighted by Crippen LogP contribution is 2.34. The van der Waals surface area contributed by atoms with Crippen LogP contribution in [-0.4, -0.2) is 26.2 Å². The highest BCUT2D eigenvalue weighted by molar-refractivity contribution is 5.58. The van der Waals surface area contributed by atoms with Gasteiger partial charge < -0.3 is 10.2 Å². The molecule has 2 rings (SSSR count). The van der Waals surface area contributed by atoms with E-state index in [2.05, 4.69) is 63.0 Å². The third-order valence-corrected chi connectivity index (χ3v) is 3.95. The zero-order valence-corrected chi connectivity index (χ0v) is 13.1. The SMILES string of the molecule is CC(C)c1ccc(N2CCNCC2)c(C(C)(C)C)c1. The van der Waals surface area contributed by atoms with Crippen molar-refractivity contribution in [1.29, 1.82) is 0 Å². The van der Waals surface area contributed by atoms with Gasteiger partial charge in [-0.1, -0.05) is 46.8 Å². The molecule has 1 aliphatic rings. The predicted molar refractivity (Wildman–Crippen MR) is 84.3 cm³/mol. The molecular formula is C17H28N2. The summed E-state index contributed by atoms with van der Waals surface area (Å²) in [6.07, 6.45) is 0. The van der Waals surface area contributed by atoms with Crippen LogP contribution in [-0.2, 0) is 5.41 Å². The van der Waals surface area contributed by atoms with E-state index < -0.39 is 0 Å². The van der Waals surface area contributed by atoms with Crippen molar-refractivity contribution >= 4 is 5.69 Å². The molecule has 1 aliphatic heterocycles. The maximum Gasteiger partial charge on any atom is 0.0405 e. The minimum Gasteiger partial charge on any atom is -0.369 e. The van der Waals surface area contributed by atoms with Crippen LogP contribution in [0.1, 0.15) is 51.7 Å². The molecule has 0 saturated carbocycles. The Bertz CT molecular complexity index is 423. The first-order valence-corrected chi connectivity index (χ1v) is 7.49. The van der Waals surface area contributed by atoms with Gasteiger partial charge in [-0.05, 0) is 28.5 Å². The van der Waals surface area contributed by atoms with Crippen LogP contribution in [0.5, 0.6) is 0 Å². The molecule has 2 heteroatoms. The highest BCUT2D eigenvalue weighted by atomic mass is 15.2. The molecule has 0 amide bonds. The van der Waals surface area contributed by atoms with Crippen LogP contribution in [0, 0.1) is 0 Å². The fraction of sp³-hybridized carbons (Fsp3) is 0.647. The van der Waals surface area contributed by atoms with E-state index in [9.17, 15) is 0 Å². The summed E-state index contributed by atoms with van der Waals surface area (Å²) in [5, 5.41) is 3.43. The Kier molecular flexibility index (Phi) is 4.19. The molecule has 1 aromatic rings. The van der Waals surface area contributed by atoms with Crippen LogP contribution in [0.4, 0.5) is 5.69 Å². The zero-order chi connectivity index (χ0) is 14.0. The second-order valence-corrected chi connectivity index (χ2v) is 6.92. The predicted octanol–water partition coefficient (Wildman–Crippen LogP) is 3.52. The first kappa shape index (κ1) is 14.4. The Morgan fingerprint density at radius 1 is 1.11 bits per heavy atom. The van der Waals surface area contributed by atoms with Gasteiger partial charge in [0.2, 0.25) is 0 Å². The van der Waals surface area contributed by atoms with E-state index in [1.165, 1.54) is 16.8 Å². The summed E-state index contributed by atoms with van der Waals surface area (Å²) in [4.78, 5) is 2.53. The van der Waals surface area contributed by atoms with Gasteiger partial charge in [-0.15, -0.1) is 0 Å². The van der Waals surface area contributed by atoms with Gasteiger partial charge in [0.1, 0.15) is 0 Å². The van der Waals surface area contributed by atoms with Crippen LogP contribution in [0.2, 0.25) is 0 Å². The van der Waals surface area contributed by atoms with E-state index in [1.54, 1.807) is 0 Å². The minimum absolute atomic E-state index is 0.200. The van der Waals surface area contributed by atoms with E-state index in [4.69, 9.17) is 0 Å². The summed E-state index contributed by atoms with van der Waals surface area (Å²) < 4.78 is 0. The molecule has 0 bridgehead atoms. The third-order valence-electron chi connectivity index (χ3n) is 3.95. The van der Waals surface area contributed by atoms with Crippen molar-refractivity contribution in [3.05, 3.63) is 29.3 Å². The molecule has 0 spiro atoms. The molecule has 0 atom stereocenters. The Morgan fingerprint density at radius 2 is 1.74 bits per heavy atom. The van der Waals surface area contributed by atoms with E-state index in [0.29, 0.717) is 5.92 Å². The van der Waals surface area contributed by atoms with Gasteiger partial charge in [0.05, 0.1) is 0 Å². The monoisotopic (exact) mass is 260 g/mol. The first-order chi connectivity index (χ1) is 8.89. The van der Waals surface area contributed by atoms with Gasteiger partial charge in [0.25, 0.3) is 0 Å². The van der Waals surface area contributed by atoms with E-state index in [-0.39, 0.29) is 5.41 Å². The van der Waals surface area contributed by atoms with Crippen molar-refractivity contribution < 1.29 is 0 Å². The fourth-order valence-corrected chi connectivity index (χ4v) is 2.69. The molecular weight excluding hydrogens is 232 g/mol. The molecule has 1 aromatic carbocycles. The quantitative estimate of drug-likeness (QED) is 0.875. The van der Waals surface area contributed by atoms with Crippen molar-refractivity contribution in [2.45, 2.75) is 46.0 Å². The van der Waals surface area contributed by atoms with Crippen molar-refractivity contribution in [2.24, 2.45) is 0 Å². The number of nitrogens with one attached hydrogen (secondary N) is 1. The van der Waals surface area contributed by atoms with Gasteiger partial charge in [-0.2, -0.15) is 0 Å². The highest BCUT2D eigenvalue weighted by Gasteiger charge is 2.23. The largest absolute Gasteiger partial charge is 0.369 e. The summed E-state index contributed by atoms with van der Waals surface area (Å²) in [6.45, 7) is 15.9. The number of hydrogen-bond donors (Lipinski definition) is 1. The molecule has 0 unspecified atom stereocenters. The molecule has 0 aromatic heterocycles. The standard InChI is InChI=1S/C17H28N2/c1-13(2)14-6-7-16(15(12-14)17(3,4)5)19-10-8-18-9-11-19/h6-7,12-13,18H,8-11H2,1-5H3. The van der Waals surface area contributed by atoms with E-state index in [1.807, 2.05) is 0 Å². The van der Waals surface area contributed by atoms with Gasteiger partial charge >= 0.3 is 0 Å². The van der Waals surface area contributed by atoms with Crippen LogP contribution >= 0.6 is 0 Å². The minimum atomic E-state index is 0.200. The van der Waals surface area contributed by atoms with E-state index in [0.717, 1.165) is 26.2 Å². The van der Waals surface area contributed by atoms with Crippen LogP contribution < -0.4 is 10.2 Å². The van der Waals surface area contributed by atoms with Crippen molar-refractivity contribution in [3.63, 3.8) is 0 Å². The van der Waals surface area contributed by atoms with Gasteiger partial charge in [0.15, 0.2) is 0 Å². The van der Waals surface area contributed by atoms with Crippen LogP contribution in [0.3, 0.4) is 0 Å². The summed E-state index contributed by atoms with van der Waals surface area (Å²) in [5.74, 6) is 0.596. The second kappa shape index (κ2) is 5.54. The summed E-state index contributed by atoms with van der Waals surface area (Å²) >= 11 is 0. The number of piperazine rings is 1. The summed E-state index contributed by atoms with van der Waals surface area (Å²) in [6, 6.07) is 7.06. The molecule has 0 aliphatic carbocycles. The van der Waals surface area contributed by atoms with E-state index >= 15 is 0 Å². The van der Waals surface area contributed by atoms with Crippen LogP contribution in [0.25, 0.3) is 0 Å². The average molecular weight is 260 g/mol. The lowest BCUT2D eigenvalue weighted by Crippen LogP contribution is -2.44.